The van der Waals surface area contributed by atoms with Crippen LogP contribution in [0.5, 0.6) is 0 Å². The lowest BCUT2D eigenvalue weighted by atomic mass is 9.84. The van der Waals surface area contributed by atoms with Gasteiger partial charge in [-0.1, -0.05) is 0 Å². The molecule has 0 amide bonds. The quantitative estimate of drug-likeness (QED) is 0.459. The number of aliphatic hydroxyl groups is 2. The Balaban J connectivity index is 2.51. The molecule has 2 atom stereocenters. The third kappa shape index (κ3) is 1.48. The summed E-state index contributed by atoms with van der Waals surface area (Å²) in [5.41, 5.74) is -0.667. The van der Waals surface area contributed by atoms with E-state index in [9.17, 15) is 5.11 Å². The van der Waals surface area contributed by atoms with Gasteiger partial charge >= 0.3 is 0 Å². The van der Waals surface area contributed by atoms with Crippen molar-refractivity contribution in [1.82, 2.24) is 5.32 Å². The highest BCUT2D eigenvalue weighted by Gasteiger charge is 2.33. The van der Waals surface area contributed by atoms with E-state index < -0.39 is 5.60 Å². The van der Waals surface area contributed by atoms with Crippen LogP contribution in [0.2, 0.25) is 0 Å². The Bertz CT molecular complexity index is 114. The standard InChI is InChI=1S/C7H15NO2/c1-7(10)2-3-8-4-6(7)5-9/h6,8-10H,2-5H2,1H3. The molecule has 0 aromatic carbocycles. The van der Waals surface area contributed by atoms with Gasteiger partial charge in [0, 0.05) is 19.1 Å². The highest BCUT2D eigenvalue weighted by atomic mass is 16.3. The average Bonchev–Trinajstić information content (AvgIpc) is 1.87. The third-order valence-corrected chi connectivity index (χ3v) is 2.30. The first-order chi connectivity index (χ1) is 4.67. The second-order valence-electron chi connectivity index (χ2n) is 3.19. The number of aliphatic hydroxyl groups excluding tert-OH is 1. The maximum Gasteiger partial charge on any atom is 0.0693 e. The number of piperidine rings is 1. The maximum atomic E-state index is 9.63. The Labute approximate surface area is 61.1 Å². The zero-order valence-corrected chi connectivity index (χ0v) is 6.30. The van der Waals surface area contributed by atoms with Crippen LogP contribution in [0, 0.1) is 5.92 Å². The highest BCUT2D eigenvalue weighted by Crippen LogP contribution is 2.22. The lowest BCUT2D eigenvalue weighted by molar-refractivity contribution is -0.0440. The second-order valence-corrected chi connectivity index (χ2v) is 3.19. The molecule has 3 heteroatoms. The Kier molecular flexibility index (Phi) is 2.28. The van der Waals surface area contributed by atoms with Crippen molar-refractivity contribution in [1.29, 1.82) is 0 Å². The van der Waals surface area contributed by atoms with Crippen LogP contribution in [0.25, 0.3) is 0 Å². The predicted octanol–water partition coefficient (Wildman–Crippen LogP) is -0.661. The van der Waals surface area contributed by atoms with Crippen molar-refractivity contribution in [3.8, 4) is 0 Å². The first-order valence-electron chi connectivity index (χ1n) is 3.71. The van der Waals surface area contributed by atoms with Gasteiger partial charge in [0.05, 0.1) is 5.60 Å². The minimum absolute atomic E-state index is 0.00116. The molecule has 60 valence electrons. The summed E-state index contributed by atoms with van der Waals surface area (Å²) in [5, 5.41) is 21.6. The lowest BCUT2D eigenvalue weighted by Crippen LogP contribution is -2.49. The molecule has 1 aliphatic heterocycles. The minimum Gasteiger partial charge on any atom is -0.396 e. The maximum absolute atomic E-state index is 9.63. The minimum atomic E-state index is -0.667. The molecule has 3 N–H and O–H groups in total. The van der Waals surface area contributed by atoms with Crippen molar-refractivity contribution < 1.29 is 10.2 Å². The van der Waals surface area contributed by atoms with Gasteiger partial charge in [-0.2, -0.15) is 0 Å². The number of hydrogen-bond acceptors (Lipinski definition) is 3. The summed E-state index contributed by atoms with van der Waals surface area (Å²) in [4.78, 5) is 0. The second kappa shape index (κ2) is 2.86. The van der Waals surface area contributed by atoms with Gasteiger partial charge in [-0.15, -0.1) is 0 Å². The van der Waals surface area contributed by atoms with Gasteiger partial charge in [0.25, 0.3) is 0 Å². The molecule has 2 unspecified atom stereocenters. The molecule has 1 fully saturated rings. The molecule has 3 nitrogen and oxygen atoms in total. The summed E-state index contributed by atoms with van der Waals surface area (Å²) < 4.78 is 0. The van der Waals surface area contributed by atoms with E-state index in [0.717, 1.165) is 19.5 Å². The highest BCUT2D eigenvalue weighted by molar-refractivity contribution is 4.87. The molecule has 1 saturated heterocycles. The first-order valence-corrected chi connectivity index (χ1v) is 3.71. The molecule has 0 spiro atoms. The monoisotopic (exact) mass is 145 g/mol. The molecule has 0 aromatic rings. The fourth-order valence-corrected chi connectivity index (χ4v) is 1.30. The summed E-state index contributed by atoms with van der Waals surface area (Å²) >= 11 is 0. The molecular formula is C7H15NO2. The van der Waals surface area contributed by atoms with E-state index in [1.54, 1.807) is 6.92 Å². The zero-order valence-electron chi connectivity index (χ0n) is 6.30. The van der Waals surface area contributed by atoms with Crippen LogP contribution >= 0.6 is 0 Å². The van der Waals surface area contributed by atoms with E-state index in [-0.39, 0.29) is 12.5 Å². The smallest absolute Gasteiger partial charge is 0.0693 e. The van der Waals surface area contributed by atoms with Gasteiger partial charge in [0.15, 0.2) is 0 Å². The third-order valence-electron chi connectivity index (χ3n) is 2.30. The summed E-state index contributed by atoms with van der Waals surface area (Å²) in [5.74, 6) is 0.00116. The van der Waals surface area contributed by atoms with Crippen molar-refractivity contribution in [3.63, 3.8) is 0 Å². The molecule has 1 aliphatic rings. The fourth-order valence-electron chi connectivity index (χ4n) is 1.30. The molecule has 1 heterocycles. The van der Waals surface area contributed by atoms with E-state index >= 15 is 0 Å². The Morgan fingerprint density at radius 2 is 2.40 bits per heavy atom. The lowest BCUT2D eigenvalue weighted by Gasteiger charge is -2.36. The van der Waals surface area contributed by atoms with E-state index in [4.69, 9.17) is 5.11 Å². The van der Waals surface area contributed by atoms with E-state index in [0.29, 0.717) is 0 Å². The SMILES string of the molecule is CC1(O)CCNCC1CO. The summed E-state index contributed by atoms with van der Waals surface area (Å²) in [7, 11) is 0. The molecular weight excluding hydrogens is 130 g/mol. The fraction of sp³-hybridized carbons (Fsp3) is 1.00. The van der Waals surface area contributed by atoms with Crippen LogP contribution in [0.4, 0.5) is 0 Å². The van der Waals surface area contributed by atoms with Gasteiger partial charge in [0.1, 0.15) is 0 Å². The van der Waals surface area contributed by atoms with E-state index in [1.165, 1.54) is 0 Å². The molecule has 0 saturated carbocycles. The van der Waals surface area contributed by atoms with Crippen LogP contribution in [0.15, 0.2) is 0 Å². The van der Waals surface area contributed by atoms with Gasteiger partial charge in [-0.05, 0) is 19.9 Å². The predicted molar refractivity (Wildman–Crippen MR) is 38.7 cm³/mol. The van der Waals surface area contributed by atoms with Crippen molar-refractivity contribution in [3.05, 3.63) is 0 Å². The van der Waals surface area contributed by atoms with Gasteiger partial charge < -0.3 is 15.5 Å². The van der Waals surface area contributed by atoms with Crippen molar-refractivity contribution in [2.75, 3.05) is 19.7 Å². The molecule has 0 aliphatic carbocycles. The zero-order chi connectivity index (χ0) is 7.61. The van der Waals surface area contributed by atoms with Crippen molar-refractivity contribution in [2.45, 2.75) is 18.9 Å². The molecule has 0 bridgehead atoms. The molecule has 10 heavy (non-hydrogen) atoms. The van der Waals surface area contributed by atoms with Gasteiger partial charge in [0.2, 0.25) is 0 Å². The average molecular weight is 145 g/mol. The largest absolute Gasteiger partial charge is 0.396 e. The number of nitrogens with one attached hydrogen (secondary N) is 1. The Morgan fingerprint density at radius 3 is 2.80 bits per heavy atom. The first kappa shape index (κ1) is 7.98. The topological polar surface area (TPSA) is 52.5 Å². The molecule has 0 aromatic heterocycles. The van der Waals surface area contributed by atoms with Gasteiger partial charge in [-0.25, -0.2) is 0 Å². The van der Waals surface area contributed by atoms with Crippen LogP contribution in [-0.2, 0) is 0 Å². The summed E-state index contributed by atoms with van der Waals surface area (Å²) in [6.07, 6.45) is 0.734. The van der Waals surface area contributed by atoms with Crippen LogP contribution in [0.1, 0.15) is 13.3 Å². The summed E-state index contributed by atoms with van der Waals surface area (Å²) in [6, 6.07) is 0. The Hall–Kier alpha value is -0.120. The normalized spacial score (nSPS) is 41.7. The Morgan fingerprint density at radius 1 is 1.70 bits per heavy atom. The number of rotatable bonds is 1. The molecule has 0 radical (unpaired) electrons. The summed E-state index contributed by atoms with van der Waals surface area (Å²) in [6.45, 7) is 3.43. The van der Waals surface area contributed by atoms with Crippen LogP contribution in [-0.4, -0.2) is 35.5 Å². The van der Waals surface area contributed by atoms with Crippen molar-refractivity contribution in [2.24, 2.45) is 5.92 Å². The molecule has 1 rings (SSSR count). The van der Waals surface area contributed by atoms with Crippen LogP contribution < -0.4 is 5.32 Å². The van der Waals surface area contributed by atoms with Gasteiger partial charge in [-0.3, -0.25) is 0 Å². The van der Waals surface area contributed by atoms with E-state index in [2.05, 4.69) is 5.32 Å². The van der Waals surface area contributed by atoms with E-state index in [1.807, 2.05) is 0 Å². The van der Waals surface area contributed by atoms with Crippen LogP contribution in [0.3, 0.4) is 0 Å². The number of hydrogen-bond donors (Lipinski definition) is 3. The van der Waals surface area contributed by atoms with Crippen molar-refractivity contribution >= 4 is 0 Å².